The molecule has 0 aliphatic rings. The number of ether oxygens (including phenoxy) is 4. The number of aryl methyl sites for hydroxylation is 1. The maximum atomic E-state index is 12.4. The molecule has 0 heterocycles. The highest BCUT2D eigenvalue weighted by atomic mass is 16.5. The minimum absolute atomic E-state index is 0.0292. The van der Waals surface area contributed by atoms with Crippen LogP contribution in [0.15, 0.2) is 36.4 Å². The van der Waals surface area contributed by atoms with Gasteiger partial charge in [-0.05, 0) is 37.6 Å². The molecule has 0 aromatic heterocycles. The number of amides is 1. The number of nitrogens with one attached hydrogen (secondary N) is 1. The van der Waals surface area contributed by atoms with Gasteiger partial charge in [-0.3, -0.25) is 9.59 Å². The summed E-state index contributed by atoms with van der Waals surface area (Å²) in [5, 5.41) is 2.73. The van der Waals surface area contributed by atoms with Gasteiger partial charge in [-0.1, -0.05) is 12.1 Å². The van der Waals surface area contributed by atoms with Gasteiger partial charge >= 0.3 is 5.97 Å². The normalized spacial score (nSPS) is 11.3. The van der Waals surface area contributed by atoms with E-state index in [4.69, 9.17) is 18.9 Å². The Morgan fingerprint density at radius 1 is 0.964 bits per heavy atom. The Morgan fingerprint density at radius 3 is 2.32 bits per heavy atom. The second kappa shape index (κ2) is 9.64. The second-order valence-corrected chi connectivity index (χ2v) is 6.18. The lowest BCUT2D eigenvalue weighted by atomic mass is 10.1. The Kier molecular flexibility index (Phi) is 7.26. The Labute approximate surface area is 164 Å². The van der Waals surface area contributed by atoms with Crippen molar-refractivity contribution in [1.29, 1.82) is 0 Å². The van der Waals surface area contributed by atoms with Crippen LogP contribution in [0, 0.1) is 6.92 Å². The monoisotopic (exact) mass is 387 g/mol. The Hall–Kier alpha value is -3.22. The zero-order valence-electron chi connectivity index (χ0n) is 16.7. The maximum absolute atomic E-state index is 12.4. The van der Waals surface area contributed by atoms with Crippen molar-refractivity contribution in [2.75, 3.05) is 26.6 Å². The summed E-state index contributed by atoms with van der Waals surface area (Å²) >= 11 is 0. The minimum atomic E-state index is -0.970. The molecule has 2 aromatic carbocycles. The number of benzene rings is 2. The molecule has 0 unspecified atom stereocenters. The summed E-state index contributed by atoms with van der Waals surface area (Å²) in [6.07, 6.45) is -1.000. The van der Waals surface area contributed by atoms with E-state index in [0.29, 0.717) is 28.5 Å². The molecular formula is C21H25NO6. The predicted molar refractivity (Wildman–Crippen MR) is 105 cm³/mol. The summed E-state index contributed by atoms with van der Waals surface area (Å²) in [6.45, 7) is 3.42. The van der Waals surface area contributed by atoms with Crippen molar-refractivity contribution in [2.24, 2.45) is 0 Å². The highest BCUT2D eigenvalue weighted by molar-refractivity contribution is 5.96. The van der Waals surface area contributed by atoms with Gasteiger partial charge in [-0.15, -0.1) is 0 Å². The average Bonchev–Trinajstić information content (AvgIpc) is 2.68. The van der Waals surface area contributed by atoms with E-state index in [1.54, 1.807) is 37.4 Å². The van der Waals surface area contributed by atoms with Crippen LogP contribution in [0.4, 0.5) is 5.69 Å². The molecule has 0 saturated carbocycles. The van der Waals surface area contributed by atoms with Crippen LogP contribution in [0.1, 0.15) is 18.1 Å². The summed E-state index contributed by atoms with van der Waals surface area (Å²) in [6, 6.07) is 10.6. The predicted octanol–water partition coefficient (Wildman–Crippen LogP) is 3.13. The largest absolute Gasteiger partial charge is 0.497 e. The van der Waals surface area contributed by atoms with Gasteiger partial charge in [0, 0.05) is 11.6 Å². The van der Waals surface area contributed by atoms with Gasteiger partial charge in [0.2, 0.25) is 0 Å². The van der Waals surface area contributed by atoms with Crippen LogP contribution in [0.3, 0.4) is 0 Å². The molecule has 1 amide bonds. The summed E-state index contributed by atoms with van der Waals surface area (Å²) < 4.78 is 20.9. The van der Waals surface area contributed by atoms with Gasteiger partial charge in [-0.2, -0.15) is 0 Å². The number of methoxy groups -OCH3 is 3. The first kappa shape index (κ1) is 21.1. The first-order chi connectivity index (χ1) is 13.4. The summed E-state index contributed by atoms with van der Waals surface area (Å²) in [7, 11) is 4.58. The zero-order chi connectivity index (χ0) is 20.7. The zero-order valence-corrected chi connectivity index (χ0v) is 16.7. The third kappa shape index (κ3) is 5.39. The molecule has 0 saturated heterocycles. The smallest absolute Gasteiger partial charge is 0.311 e. The number of carbonyl (C=O) groups excluding carboxylic acids is 2. The molecule has 0 radical (unpaired) electrons. The quantitative estimate of drug-likeness (QED) is 0.701. The topological polar surface area (TPSA) is 83.1 Å². The van der Waals surface area contributed by atoms with Gasteiger partial charge in [0.25, 0.3) is 5.91 Å². The molecule has 7 heteroatoms. The summed E-state index contributed by atoms with van der Waals surface area (Å²) in [5.74, 6) is 0.674. The van der Waals surface area contributed by atoms with E-state index in [-0.39, 0.29) is 6.42 Å². The fourth-order valence-electron chi connectivity index (χ4n) is 2.60. The minimum Gasteiger partial charge on any atom is -0.497 e. The lowest BCUT2D eigenvalue weighted by Crippen LogP contribution is -2.30. The average molecular weight is 387 g/mol. The lowest BCUT2D eigenvalue weighted by Gasteiger charge is -2.16. The highest BCUT2D eigenvalue weighted by Gasteiger charge is 2.20. The van der Waals surface area contributed by atoms with E-state index >= 15 is 0 Å². The van der Waals surface area contributed by atoms with Gasteiger partial charge in [0.05, 0.1) is 33.4 Å². The molecule has 0 fully saturated rings. The third-order valence-corrected chi connectivity index (χ3v) is 4.12. The molecule has 150 valence electrons. The van der Waals surface area contributed by atoms with Crippen molar-refractivity contribution in [1.82, 2.24) is 0 Å². The van der Waals surface area contributed by atoms with E-state index < -0.39 is 18.0 Å². The second-order valence-electron chi connectivity index (χ2n) is 6.18. The van der Waals surface area contributed by atoms with Gasteiger partial charge in [0.1, 0.15) is 17.2 Å². The fraction of sp³-hybridized carbons (Fsp3) is 0.333. The van der Waals surface area contributed by atoms with E-state index in [0.717, 1.165) is 5.56 Å². The first-order valence-electron chi connectivity index (χ1n) is 8.73. The molecule has 7 nitrogen and oxygen atoms in total. The van der Waals surface area contributed by atoms with Crippen molar-refractivity contribution in [3.05, 3.63) is 47.5 Å². The number of rotatable bonds is 8. The number of esters is 1. The van der Waals surface area contributed by atoms with E-state index in [2.05, 4.69) is 5.32 Å². The molecule has 0 spiro atoms. The van der Waals surface area contributed by atoms with Crippen molar-refractivity contribution in [2.45, 2.75) is 26.4 Å². The molecule has 28 heavy (non-hydrogen) atoms. The Bertz CT molecular complexity index is 849. The van der Waals surface area contributed by atoms with Crippen LogP contribution >= 0.6 is 0 Å². The number of carbonyl (C=O) groups is 2. The standard InChI is InChI=1S/C21H25NO6/c1-13-6-9-18(26-4)17(10-13)22-21(24)14(2)28-20(23)11-15-7-8-16(25-3)12-19(15)27-5/h6-10,12,14H,11H2,1-5H3,(H,22,24)/t14-/m1/s1. The molecule has 2 rings (SSSR count). The van der Waals surface area contributed by atoms with Crippen molar-refractivity contribution in [3.8, 4) is 17.2 Å². The lowest BCUT2D eigenvalue weighted by molar-refractivity contribution is -0.152. The molecule has 1 atom stereocenters. The van der Waals surface area contributed by atoms with Crippen LogP contribution in [0.25, 0.3) is 0 Å². The van der Waals surface area contributed by atoms with E-state index in [1.165, 1.54) is 21.1 Å². The number of hydrogen-bond donors (Lipinski definition) is 1. The van der Waals surface area contributed by atoms with Crippen molar-refractivity contribution >= 4 is 17.6 Å². The van der Waals surface area contributed by atoms with E-state index in [9.17, 15) is 9.59 Å². The van der Waals surface area contributed by atoms with Crippen molar-refractivity contribution < 1.29 is 28.5 Å². The van der Waals surface area contributed by atoms with Crippen molar-refractivity contribution in [3.63, 3.8) is 0 Å². The summed E-state index contributed by atoms with van der Waals surface area (Å²) in [5.41, 5.74) is 2.13. The number of hydrogen-bond acceptors (Lipinski definition) is 6. The molecule has 2 aromatic rings. The molecule has 0 bridgehead atoms. The van der Waals surface area contributed by atoms with E-state index in [1.807, 2.05) is 13.0 Å². The first-order valence-corrected chi connectivity index (χ1v) is 8.73. The van der Waals surface area contributed by atoms with Crippen LogP contribution in [-0.4, -0.2) is 39.3 Å². The van der Waals surface area contributed by atoms with Gasteiger partial charge < -0.3 is 24.3 Å². The molecule has 1 N–H and O–H groups in total. The fourth-order valence-corrected chi connectivity index (χ4v) is 2.60. The third-order valence-electron chi connectivity index (χ3n) is 4.12. The van der Waals surface area contributed by atoms with Crippen LogP contribution in [0.2, 0.25) is 0 Å². The Morgan fingerprint density at radius 2 is 1.68 bits per heavy atom. The van der Waals surface area contributed by atoms with Crippen LogP contribution in [0.5, 0.6) is 17.2 Å². The Balaban J connectivity index is 2.00. The SMILES string of the molecule is COc1ccc(CC(=O)O[C@H](C)C(=O)Nc2cc(C)ccc2OC)c(OC)c1. The maximum Gasteiger partial charge on any atom is 0.311 e. The highest BCUT2D eigenvalue weighted by Crippen LogP contribution is 2.26. The van der Waals surface area contributed by atoms with Crippen LogP contribution in [-0.2, 0) is 20.7 Å². The number of anilines is 1. The molecular weight excluding hydrogens is 362 g/mol. The van der Waals surface area contributed by atoms with Crippen LogP contribution < -0.4 is 19.5 Å². The molecule has 0 aliphatic heterocycles. The molecule has 0 aliphatic carbocycles. The summed E-state index contributed by atoms with van der Waals surface area (Å²) in [4.78, 5) is 24.7. The van der Waals surface area contributed by atoms with Gasteiger partial charge in [-0.25, -0.2) is 0 Å². The van der Waals surface area contributed by atoms with Gasteiger partial charge in [0.15, 0.2) is 6.10 Å².